The minimum absolute atomic E-state index is 0.325. The van der Waals surface area contributed by atoms with Crippen LogP contribution in [0.3, 0.4) is 0 Å². The monoisotopic (exact) mass is 318 g/mol. The van der Waals surface area contributed by atoms with Gasteiger partial charge < -0.3 is 15.0 Å². The fourth-order valence-corrected chi connectivity index (χ4v) is 2.28. The molecule has 0 saturated heterocycles. The number of carbonyl (C=O) groups excluding carboxylic acids is 1. The SMILES string of the molecule is COC(=O)c1ccccc1N/C=C(\C#N)c1nc2ccccc2[nH]1. The van der Waals surface area contributed by atoms with E-state index < -0.39 is 5.97 Å². The Kier molecular flexibility index (Phi) is 4.25. The van der Waals surface area contributed by atoms with Gasteiger partial charge in [-0.05, 0) is 24.3 Å². The summed E-state index contributed by atoms with van der Waals surface area (Å²) < 4.78 is 4.75. The van der Waals surface area contributed by atoms with Gasteiger partial charge in [0.05, 0.1) is 29.4 Å². The second-order valence-corrected chi connectivity index (χ2v) is 4.95. The molecule has 0 spiro atoms. The minimum atomic E-state index is -0.450. The van der Waals surface area contributed by atoms with Crippen molar-refractivity contribution in [2.24, 2.45) is 0 Å². The fraction of sp³-hybridized carbons (Fsp3) is 0.0556. The van der Waals surface area contributed by atoms with E-state index in [-0.39, 0.29) is 0 Å². The Balaban J connectivity index is 1.92. The van der Waals surface area contributed by atoms with Crippen molar-refractivity contribution in [1.82, 2.24) is 9.97 Å². The molecule has 0 aliphatic heterocycles. The third-order valence-corrected chi connectivity index (χ3v) is 3.47. The Bertz CT molecular complexity index is 933. The molecule has 2 aromatic carbocycles. The standard InChI is InChI=1S/C18H14N4O2/c1-24-18(23)13-6-2-3-7-14(13)20-11-12(10-19)17-21-15-8-4-5-9-16(15)22-17/h2-9,11,20H,1H3,(H,21,22)/b12-11+. The van der Waals surface area contributed by atoms with Gasteiger partial charge in [0.1, 0.15) is 11.6 Å². The number of carbonyl (C=O) groups is 1. The number of nitriles is 1. The second kappa shape index (κ2) is 6.67. The number of fused-ring (bicyclic) bond motifs is 1. The lowest BCUT2D eigenvalue weighted by atomic mass is 10.2. The second-order valence-electron chi connectivity index (χ2n) is 4.95. The van der Waals surface area contributed by atoms with Gasteiger partial charge >= 0.3 is 5.97 Å². The van der Waals surface area contributed by atoms with E-state index in [2.05, 4.69) is 21.4 Å². The van der Waals surface area contributed by atoms with E-state index in [1.165, 1.54) is 13.3 Å². The van der Waals surface area contributed by atoms with Gasteiger partial charge in [0, 0.05) is 6.20 Å². The summed E-state index contributed by atoms with van der Waals surface area (Å²) in [6, 6.07) is 16.5. The van der Waals surface area contributed by atoms with Crippen LogP contribution in [0.5, 0.6) is 0 Å². The first-order chi connectivity index (χ1) is 11.7. The van der Waals surface area contributed by atoms with E-state index >= 15 is 0 Å². The summed E-state index contributed by atoms with van der Waals surface area (Å²) in [5.41, 5.74) is 2.89. The Morgan fingerprint density at radius 2 is 2.00 bits per heavy atom. The van der Waals surface area contributed by atoms with Crippen LogP contribution in [-0.4, -0.2) is 23.0 Å². The lowest BCUT2D eigenvalue weighted by molar-refractivity contribution is 0.0602. The van der Waals surface area contributed by atoms with E-state index in [9.17, 15) is 10.1 Å². The van der Waals surface area contributed by atoms with Crippen molar-refractivity contribution in [3.8, 4) is 6.07 Å². The van der Waals surface area contributed by atoms with Crippen molar-refractivity contribution in [3.63, 3.8) is 0 Å². The number of nitrogens with one attached hydrogen (secondary N) is 2. The fourth-order valence-electron chi connectivity index (χ4n) is 2.28. The van der Waals surface area contributed by atoms with E-state index in [0.29, 0.717) is 22.6 Å². The maximum atomic E-state index is 11.8. The summed E-state index contributed by atoms with van der Waals surface area (Å²) in [4.78, 5) is 19.3. The molecule has 0 bridgehead atoms. The zero-order chi connectivity index (χ0) is 16.9. The molecule has 3 rings (SSSR count). The zero-order valence-electron chi connectivity index (χ0n) is 12.9. The number of aromatic amines is 1. The first-order valence-electron chi connectivity index (χ1n) is 7.22. The number of imidazole rings is 1. The summed E-state index contributed by atoms with van der Waals surface area (Å²) in [6.07, 6.45) is 1.51. The minimum Gasteiger partial charge on any atom is -0.465 e. The normalized spacial score (nSPS) is 11.1. The Morgan fingerprint density at radius 3 is 2.75 bits per heavy atom. The molecule has 24 heavy (non-hydrogen) atoms. The predicted octanol–water partition coefficient (Wildman–Crippen LogP) is 3.33. The third kappa shape index (κ3) is 2.96. The summed E-state index contributed by atoms with van der Waals surface area (Å²) in [5, 5.41) is 12.4. The highest BCUT2D eigenvalue weighted by Crippen LogP contribution is 2.19. The largest absolute Gasteiger partial charge is 0.465 e. The van der Waals surface area contributed by atoms with Gasteiger partial charge in [-0.25, -0.2) is 9.78 Å². The average molecular weight is 318 g/mol. The number of hydrogen-bond acceptors (Lipinski definition) is 5. The maximum Gasteiger partial charge on any atom is 0.339 e. The van der Waals surface area contributed by atoms with Crippen LogP contribution >= 0.6 is 0 Å². The topological polar surface area (TPSA) is 90.8 Å². The molecular formula is C18H14N4O2. The van der Waals surface area contributed by atoms with Crippen LogP contribution in [-0.2, 0) is 4.74 Å². The van der Waals surface area contributed by atoms with Gasteiger partial charge in [0.25, 0.3) is 0 Å². The number of benzene rings is 2. The molecule has 0 fully saturated rings. The number of ether oxygens (including phenoxy) is 1. The van der Waals surface area contributed by atoms with Gasteiger partial charge in [-0.3, -0.25) is 0 Å². The number of rotatable bonds is 4. The number of para-hydroxylation sites is 3. The summed E-state index contributed by atoms with van der Waals surface area (Å²) in [6.45, 7) is 0. The number of H-pyrrole nitrogens is 1. The van der Waals surface area contributed by atoms with Crippen molar-refractivity contribution in [2.75, 3.05) is 12.4 Å². The van der Waals surface area contributed by atoms with Gasteiger partial charge in [0.15, 0.2) is 5.82 Å². The summed E-state index contributed by atoms with van der Waals surface area (Å²) in [5.74, 6) is 0.00972. The molecule has 3 aromatic rings. The van der Waals surface area contributed by atoms with Gasteiger partial charge in [-0.2, -0.15) is 5.26 Å². The van der Waals surface area contributed by atoms with Crippen LogP contribution in [0.15, 0.2) is 54.7 Å². The van der Waals surface area contributed by atoms with E-state index in [1.807, 2.05) is 24.3 Å². The van der Waals surface area contributed by atoms with Crippen LogP contribution in [0.4, 0.5) is 5.69 Å². The molecule has 0 aliphatic carbocycles. The molecule has 6 heteroatoms. The number of nitrogens with zero attached hydrogens (tertiary/aromatic N) is 2. The van der Waals surface area contributed by atoms with Crippen molar-refractivity contribution < 1.29 is 9.53 Å². The van der Waals surface area contributed by atoms with Crippen molar-refractivity contribution in [2.45, 2.75) is 0 Å². The summed E-state index contributed by atoms with van der Waals surface area (Å²) >= 11 is 0. The van der Waals surface area contributed by atoms with Crippen LogP contribution in [0.2, 0.25) is 0 Å². The molecule has 1 heterocycles. The Hall–Kier alpha value is -3.59. The highest BCUT2D eigenvalue weighted by atomic mass is 16.5. The highest BCUT2D eigenvalue weighted by Gasteiger charge is 2.11. The number of allylic oxidation sites excluding steroid dienone is 1. The highest BCUT2D eigenvalue weighted by molar-refractivity contribution is 5.96. The van der Waals surface area contributed by atoms with E-state index in [0.717, 1.165) is 11.0 Å². The molecule has 0 saturated carbocycles. The molecule has 0 atom stereocenters. The molecule has 0 amide bonds. The number of methoxy groups -OCH3 is 1. The number of hydrogen-bond donors (Lipinski definition) is 2. The number of anilines is 1. The molecule has 1 aromatic heterocycles. The van der Waals surface area contributed by atoms with Gasteiger partial charge in [-0.1, -0.05) is 24.3 Å². The van der Waals surface area contributed by atoms with Crippen LogP contribution < -0.4 is 5.32 Å². The first-order valence-corrected chi connectivity index (χ1v) is 7.22. The van der Waals surface area contributed by atoms with E-state index in [4.69, 9.17) is 4.74 Å². The molecule has 0 radical (unpaired) electrons. The number of aromatic nitrogens is 2. The van der Waals surface area contributed by atoms with Crippen molar-refractivity contribution in [3.05, 3.63) is 66.1 Å². The Morgan fingerprint density at radius 1 is 1.25 bits per heavy atom. The smallest absolute Gasteiger partial charge is 0.339 e. The van der Waals surface area contributed by atoms with Crippen molar-refractivity contribution in [1.29, 1.82) is 5.26 Å². The molecule has 6 nitrogen and oxygen atoms in total. The zero-order valence-corrected chi connectivity index (χ0v) is 12.9. The molecule has 118 valence electrons. The van der Waals surface area contributed by atoms with Crippen LogP contribution in [0, 0.1) is 11.3 Å². The molecule has 2 N–H and O–H groups in total. The molecule has 0 unspecified atom stereocenters. The van der Waals surface area contributed by atoms with Gasteiger partial charge in [0.2, 0.25) is 0 Å². The van der Waals surface area contributed by atoms with Crippen LogP contribution in [0.25, 0.3) is 16.6 Å². The van der Waals surface area contributed by atoms with Gasteiger partial charge in [-0.15, -0.1) is 0 Å². The summed E-state index contributed by atoms with van der Waals surface area (Å²) in [7, 11) is 1.32. The average Bonchev–Trinajstić information content (AvgIpc) is 3.06. The lowest BCUT2D eigenvalue weighted by Crippen LogP contribution is -2.05. The van der Waals surface area contributed by atoms with Crippen LogP contribution in [0.1, 0.15) is 16.2 Å². The first kappa shape index (κ1) is 15.3. The van der Waals surface area contributed by atoms with Crippen molar-refractivity contribution >= 4 is 28.3 Å². The lowest BCUT2D eigenvalue weighted by Gasteiger charge is -2.07. The Labute approximate surface area is 138 Å². The van der Waals surface area contributed by atoms with E-state index in [1.54, 1.807) is 24.3 Å². The quantitative estimate of drug-likeness (QED) is 0.569. The molecular weight excluding hydrogens is 304 g/mol. The number of esters is 1. The third-order valence-electron chi connectivity index (χ3n) is 3.47. The predicted molar refractivity (Wildman–Crippen MR) is 91.1 cm³/mol. The maximum absolute atomic E-state index is 11.8. The molecule has 0 aliphatic rings.